The van der Waals surface area contributed by atoms with Gasteiger partial charge in [0.2, 0.25) is 0 Å². The summed E-state index contributed by atoms with van der Waals surface area (Å²) in [6, 6.07) is 8.30. The van der Waals surface area contributed by atoms with Gasteiger partial charge in [-0.15, -0.1) is 11.3 Å². The van der Waals surface area contributed by atoms with Gasteiger partial charge in [0, 0.05) is 17.3 Å². The van der Waals surface area contributed by atoms with Gasteiger partial charge >= 0.3 is 0 Å². The van der Waals surface area contributed by atoms with Gasteiger partial charge in [-0.25, -0.2) is 9.97 Å². The van der Waals surface area contributed by atoms with Crippen LogP contribution in [-0.2, 0) is 0 Å². The van der Waals surface area contributed by atoms with E-state index in [1.54, 1.807) is 24.8 Å². The molecule has 0 bridgehead atoms. The zero-order chi connectivity index (χ0) is 13.2. The Morgan fingerprint density at radius 3 is 2.89 bits per heavy atom. The van der Waals surface area contributed by atoms with Gasteiger partial charge in [-0.1, -0.05) is 18.2 Å². The number of fused-ring (bicyclic) bond motifs is 1. The Morgan fingerprint density at radius 2 is 2.11 bits per heavy atom. The van der Waals surface area contributed by atoms with E-state index in [1.807, 2.05) is 13.1 Å². The Hall–Kier alpha value is -2.14. The predicted octanol–water partition coefficient (Wildman–Crippen LogP) is 3.41. The van der Waals surface area contributed by atoms with Crippen LogP contribution in [0.5, 0.6) is 5.75 Å². The van der Waals surface area contributed by atoms with Crippen LogP contribution in [0.15, 0.2) is 36.0 Å². The number of hydrogen-bond acceptors (Lipinski definition) is 5. The molecule has 0 saturated heterocycles. The summed E-state index contributed by atoms with van der Waals surface area (Å²) in [5.74, 6) is 1.37. The number of rotatable bonds is 3. The second-order valence-electron chi connectivity index (χ2n) is 4.00. The maximum Gasteiger partial charge on any atom is 0.187 e. The first-order valence-electron chi connectivity index (χ1n) is 5.88. The van der Waals surface area contributed by atoms with Crippen LogP contribution in [-0.4, -0.2) is 24.1 Å². The van der Waals surface area contributed by atoms with Crippen LogP contribution in [0.1, 0.15) is 0 Å². The van der Waals surface area contributed by atoms with E-state index in [4.69, 9.17) is 4.74 Å². The molecule has 0 unspecified atom stereocenters. The minimum absolute atomic E-state index is 0.672. The normalized spacial score (nSPS) is 10.6. The third-order valence-electron chi connectivity index (χ3n) is 2.98. The zero-order valence-corrected chi connectivity index (χ0v) is 11.5. The van der Waals surface area contributed by atoms with Gasteiger partial charge in [-0.2, -0.15) is 0 Å². The minimum Gasteiger partial charge on any atom is -0.491 e. The highest BCUT2D eigenvalue weighted by Crippen LogP contribution is 2.38. The summed E-state index contributed by atoms with van der Waals surface area (Å²) in [7, 11) is 3.46. The largest absolute Gasteiger partial charge is 0.491 e. The summed E-state index contributed by atoms with van der Waals surface area (Å²) in [5.41, 5.74) is 1.89. The molecule has 4 nitrogen and oxygen atoms in total. The van der Waals surface area contributed by atoms with E-state index >= 15 is 0 Å². The van der Waals surface area contributed by atoms with Crippen molar-refractivity contribution in [3.63, 3.8) is 0 Å². The van der Waals surface area contributed by atoms with Crippen LogP contribution in [0, 0.1) is 0 Å². The first kappa shape index (κ1) is 11.9. The average molecular weight is 271 g/mol. The van der Waals surface area contributed by atoms with Crippen LogP contribution in [0.4, 0.5) is 5.82 Å². The Labute approximate surface area is 115 Å². The molecule has 2 aromatic heterocycles. The lowest BCUT2D eigenvalue weighted by Crippen LogP contribution is -2.00. The number of nitrogens with one attached hydrogen (secondary N) is 1. The molecule has 3 rings (SSSR count). The molecule has 0 amide bonds. The van der Waals surface area contributed by atoms with E-state index < -0.39 is 0 Å². The average Bonchev–Trinajstić information content (AvgIpc) is 2.94. The van der Waals surface area contributed by atoms with Crippen molar-refractivity contribution in [2.75, 3.05) is 19.5 Å². The molecule has 0 radical (unpaired) electrons. The summed E-state index contributed by atoms with van der Waals surface area (Å²) in [6.45, 7) is 0. The topological polar surface area (TPSA) is 47.0 Å². The maximum absolute atomic E-state index is 5.46. The smallest absolute Gasteiger partial charge is 0.187 e. The molecule has 0 atom stereocenters. The monoisotopic (exact) mass is 271 g/mol. The van der Waals surface area contributed by atoms with Gasteiger partial charge in [0.1, 0.15) is 12.0 Å². The second kappa shape index (κ2) is 4.85. The molecular weight excluding hydrogens is 258 g/mol. The highest BCUT2D eigenvalue weighted by Gasteiger charge is 2.15. The molecule has 0 saturated carbocycles. The number of aromatic nitrogens is 2. The summed E-state index contributed by atoms with van der Waals surface area (Å²) in [5, 5.41) is 6.33. The number of nitrogens with zero attached hydrogens (tertiary/aromatic N) is 2. The van der Waals surface area contributed by atoms with Crippen molar-refractivity contribution >= 4 is 27.2 Å². The standard InChI is InChI=1S/C14H13N3OS/c1-15-14-12(18-2)11(16-8-17-14)10-5-3-4-9-6-7-19-13(9)10/h3-8H,1-2H3,(H,15,16,17). The molecule has 0 aliphatic heterocycles. The van der Waals surface area contributed by atoms with E-state index in [2.05, 4.69) is 38.9 Å². The number of hydrogen-bond donors (Lipinski definition) is 1. The highest BCUT2D eigenvalue weighted by atomic mass is 32.1. The van der Waals surface area contributed by atoms with Crippen LogP contribution < -0.4 is 10.1 Å². The molecular formula is C14H13N3OS. The van der Waals surface area contributed by atoms with Crippen LogP contribution in [0.25, 0.3) is 21.3 Å². The van der Waals surface area contributed by atoms with Crippen molar-refractivity contribution in [3.8, 4) is 17.0 Å². The van der Waals surface area contributed by atoms with Gasteiger partial charge in [-0.05, 0) is 16.8 Å². The van der Waals surface area contributed by atoms with E-state index in [9.17, 15) is 0 Å². The predicted molar refractivity (Wildman–Crippen MR) is 78.9 cm³/mol. The number of thiophene rings is 1. The Kier molecular flexibility index (Phi) is 3.05. The summed E-state index contributed by atoms with van der Waals surface area (Å²) in [4.78, 5) is 8.57. The molecule has 2 heterocycles. The van der Waals surface area contributed by atoms with E-state index in [1.165, 1.54) is 10.1 Å². The fourth-order valence-corrected chi connectivity index (χ4v) is 3.03. The first-order chi connectivity index (χ1) is 9.35. The third-order valence-corrected chi connectivity index (χ3v) is 3.94. The Balaban J connectivity index is 2.30. The lowest BCUT2D eigenvalue weighted by molar-refractivity contribution is 0.415. The van der Waals surface area contributed by atoms with Gasteiger partial charge < -0.3 is 10.1 Å². The van der Waals surface area contributed by atoms with Crippen molar-refractivity contribution in [3.05, 3.63) is 36.0 Å². The molecule has 0 aliphatic rings. The van der Waals surface area contributed by atoms with Gasteiger partial charge in [0.05, 0.1) is 7.11 Å². The number of anilines is 1. The maximum atomic E-state index is 5.46. The van der Waals surface area contributed by atoms with E-state index in [-0.39, 0.29) is 0 Å². The third kappa shape index (κ3) is 1.92. The fraction of sp³-hybridized carbons (Fsp3) is 0.143. The summed E-state index contributed by atoms with van der Waals surface area (Å²) < 4.78 is 6.67. The second-order valence-corrected chi connectivity index (χ2v) is 4.91. The molecule has 1 N–H and O–H groups in total. The van der Waals surface area contributed by atoms with Gasteiger partial charge in [0.15, 0.2) is 11.6 Å². The molecule has 19 heavy (non-hydrogen) atoms. The van der Waals surface area contributed by atoms with Crippen molar-refractivity contribution in [2.45, 2.75) is 0 Å². The van der Waals surface area contributed by atoms with Crippen molar-refractivity contribution < 1.29 is 4.74 Å². The van der Waals surface area contributed by atoms with E-state index in [0.29, 0.717) is 11.6 Å². The van der Waals surface area contributed by atoms with Crippen molar-refractivity contribution in [2.24, 2.45) is 0 Å². The van der Waals surface area contributed by atoms with Crippen molar-refractivity contribution in [1.82, 2.24) is 9.97 Å². The fourth-order valence-electron chi connectivity index (χ4n) is 2.12. The van der Waals surface area contributed by atoms with Gasteiger partial charge in [-0.3, -0.25) is 0 Å². The lowest BCUT2D eigenvalue weighted by Gasteiger charge is -2.11. The highest BCUT2D eigenvalue weighted by molar-refractivity contribution is 7.17. The van der Waals surface area contributed by atoms with Crippen molar-refractivity contribution in [1.29, 1.82) is 0 Å². The number of methoxy groups -OCH3 is 1. The quantitative estimate of drug-likeness (QED) is 0.793. The molecule has 0 fully saturated rings. The zero-order valence-electron chi connectivity index (χ0n) is 10.7. The molecule has 5 heteroatoms. The summed E-state index contributed by atoms with van der Waals surface area (Å²) >= 11 is 1.71. The lowest BCUT2D eigenvalue weighted by atomic mass is 10.1. The van der Waals surface area contributed by atoms with E-state index in [0.717, 1.165) is 11.3 Å². The molecule has 0 aliphatic carbocycles. The SMILES string of the molecule is CNc1ncnc(-c2cccc3ccsc23)c1OC. The van der Waals surface area contributed by atoms with Crippen LogP contribution in [0.3, 0.4) is 0 Å². The first-order valence-corrected chi connectivity index (χ1v) is 6.76. The Bertz CT molecular complexity index is 724. The summed E-state index contributed by atoms with van der Waals surface area (Å²) in [6.07, 6.45) is 1.55. The Morgan fingerprint density at radius 1 is 1.21 bits per heavy atom. The minimum atomic E-state index is 0.672. The molecule has 96 valence electrons. The molecule has 3 aromatic rings. The van der Waals surface area contributed by atoms with Gasteiger partial charge in [0.25, 0.3) is 0 Å². The number of ether oxygens (including phenoxy) is 1. The van der Waals surface area contributed by atoms with Crippen LogP contribution in [0.2, 0.25) is 0 Å². The van der Waals surface area contributed by atoms with Crippen LogP contribution >= 0.6 is 11.3 Å². The molecule has 1 aromatic carbocycles. The molecule has 0 spiro atoms. The number of benzene rings is 1.